The van der Waals surface area contributed by atoms with Gasteiger partial charge in [0.05, 0.1) is 0 Å². The van der Waals surface area contributed by atoms with E-state index in [1.807, 2.05) is 0 Å². The molecule has 0 saturated carbocycles. The van der Waals surface area contributed by atoms with Crippen LogP contribution in [0.25, 0.3) is 0 Å². The Balaban J connectivity index is 4.51. The Morgan fingerprint density at radius 2 is 1.71 bits per heavy atom. The Morgan fingerprint density at radius 3 is 2.00 bits per heavy atom. The summed E-state index contributed by atoms with van der Waals surface area (Å²) in [6, 6.07) is -0.432. The highest BCUT2D eigenvalue weighted by atomic mass is 16.4. The lowest BCUT2D eigenvalue weighted by atomic mass is 9.93. The van der Waals surface area contributed by atoms with Gasteiger partial charge in [0, 0.05) is 6.54 Å². The molecule has 0 aliphatic heterocycles. The van der Waals surface area contributed by atoms with E-state index >= 15 is 0 Å². The van der Waals surface area contributed by atoms with Gasteiger partial charge < -0.3 is 15.7 Å². The third-order valence-electron chi connectivity index (χ3n) is 2.31. The predicted molar refractivity (Wildman–Crippen MR) is 53.2 cm³/mol. The van der Waals surface area contributed by atoms with E-state index in [2.05, 4.69) is 10.6 Å². The summed E-state index contributed by atoms with van der Waals surface area (Å²) in [5.41, 5.74) is -1.14. The van der Waals surface area contributed by atoms with Crippen LogP contribution in [0.5, 0.6) is 0 Å². The van der Waals surface area contributed by atoms with Crippen molar-refractivity contribution in [1.82, 2.24) is 10.6 Å². The number of carboxylic acids is 1. The van der Waals surface area contributed by atoms with E-state index in [9.17, 15) is 9.59 Å². The van der Waals surface area contributed by atoms with E-state index < -0.39 is 17.5 Å². The fourth-order valence-corrected chi connectivity index (χ4v) is 1.20. The Morgan fingerprint density at radius 1 is 1.21 bits per heavy atom. The summed E-state index contributed by atoms with van der Waals surface area (Å²) in [4.78, 5) is 22.2. The van der Waals surface area contributed by atoms with Crippen LogP contribution in [0, 0.1) is 0 Å². The van der Waals surface area contributed by atoms with E-state index in [1.165, 1.54) is 0 Å². The first kappa shape index (κ1) is 12.7. The van der Waals surface area contributed by atoms with Gasteiger partial charge in [-0.2, -0.15) is 0 Å². The summed E-state index contributed by atoms with van der Waals surface area (Å²) in [5, 5.41) is 14.0. The maximum absolute atomic E-state index is 11.2. The second-order valence-electron chi connectivity index (χ2n) is 3.08. The molecule has 0 rings (SSSR count). The standard InChI is InChI=1S/C9H18N2O3/c1-4-9(5-2,7(12)13)11-8(14)10-6-3/h4-6H2,1-3H3,(H,12,13)(H2,10,11,14). The third-order valence-corrected chi connectivity index (χ3v) is 2.31. The molecule has 0 unspecified atom stereocenters. The quantitative estimate of drug-likeness (QED) is 0.621. The van der Waals surface area contributed by atoms with Gasteiger partial charge in [-0.15, -0.1) is 0 Å². The van der Waals surface area contributed by atoms with Gasteiger partial charge >= 0.3 is 12.0 Å². The van der Waals surface area contributed by atoms with E-state index in [0.29, 0.717) is 19.4 Å². The molecule has 2 amide bonds. The average Bonchev–Trinajstić information content (AvgIpc) is 2.14. The number of carbonyl (C=O) groups is 2. The monoisotopic (exact) mass is 202 g/mol. The first-order valence-corrected chi connectivity index (χ1v) is 4.81. The van der Waals surface area contributed by atoms with Crippen LogP contribution in [-0.2, 0) is 4.79 Å². The largest absolute Gasteiger partial charge is 0.480 e. The van der Waals surface area contributed by atoms with Gasteiger partial charge in [0.25, 0.3) is 0 Å². The maximum atomic E-state index is 11.2. The summed E-state index contributed by atoms with van der Waals surface area (Å²) in [6.45, 7) is 5.74. The van der Waals surface area contributed by atoms with E-state index in [4.69, 9.17) is 5.11 Å². The molecule has 0 aliphatic carbocycles. The summed E-state index contributed by atoms with van der Waals surface area (Å²) >= 11 is 0. The van der Waals surface area contributed by atoms with Crippen molar-refractivity contribution < 1.29 is 14.7 Å². The number of aliphatic carboxylic acids is 1. The number of hydrogen-bond donors (Lipinski definition) is 3. The second kappa shape index (κ2) is 5.47. The summed E-state index contributed by atoms with van der Waals surface area (Å²) in [7, 11) is 0. The van der Waals surface area contributed by atoms with Crippen LogP contribution in [0.2, 0.25) is 0 Å². The highest BCUT2D eigenvalue weighted by molar-refractivity contribution is 5.86. The zero-order valence-electron chi connectivity index (χ0n) is 8.89. The van der Waals surface area contributed by atoms with Gasteiger partial charge in [0.2, 0.25) is 0 Å². The van der Waals surface area contributed by atoms with Gasteiger partial charge in [-0.25, -0.2) is 9.59 Å². The van der Waals surface area contributed by atoms with Crippen LogP contribution in [0.4, 0.5) is 4.79 Å². The highest BCUT2D eigenvalue weighted by Gasteiger charge is 2.36. The number of carbonyl (C=O) groups excluding carboxylic acids is 1. The van der Waals surface area contributed by atoms with Gasteiger partial charge in [0.15, 0.2) is 0 Å². The number of rotatable bonds is 5. The molecule has 0 aromatic rings. The molecule has 82 valence electrons. The molecule has 0 heterocycles. The van der Waals surface area contributed by atoms with Crippen molar-refractivity contribution in [3.8, 4) is 0 Å². The van der Waals surface area contributed by atoms with Gasteiger partial charge in [-0.1, -0.05) is 13.8 Å². The summed E-state index contributed by atoms with van der Waals surface area (Å²) in [6.07, 6.45) is 0.742. The fourth-order valence-electron chi connectivity index (χ4n) is 1.20. The molecular formula is C9H18N2O3. The Hall–Kier alpha value is -1.26. The van der Waals surface area contributed by atoms with Gasteiger partial charge in [0.1, 0.15) is 5.54 Å². The average molecular weight is 202 g/mol. The molecule has 3 N–H and O–H groups in total. The molecule has 0 atom stereocenters. The first-order valence-electron chi connectivity index (χ1n) is 4.81. The molecule has 14 heavy (non-hydrogen) atoms. The number of hydrogen-bond acceptors (Lipinski definition) is 2. The molecule has 0 aromatic heterocycles. The smallest absolute Gasteiger partial charge is 0.329 e. The highest BCUT2D eigenvalue weighted by Crippen LogP contribution is 2.14. The number of carboxylic acid groups (broad SMARTS) is 1. The van der Waals surface area contributed by atoms with Crippen LogP contribution < -0.4 is 10.6 Å². The van der Waals surface area contributed by atoms with E-state index in [1.54, 1.807) is 20.8 Å². The van der Waals surface area contributed by atoms with Gasteiger partial charge in [-0.3, -0.25) is 0 Å². The van der Waals surface area contributed by atoms with E-state index in [0.717, 1.165) is 0 Å². The second-order valence-corrected chi connectivity index (χ2v) is 3.08. The molecule has 0 radical (unpaired) electrons. The maximum Gasteiger partial charge on any atom is 0.329 e. The fraction of sp³-hybridized carbons (Fsp3) is 0.778. The van der Waals surface area contributed by atoms with Crippen LogP contribution >= 0.6 is 0 Å². The molecule has 0 aromatic carbocycles. The molecule has 0 saturated heterocycles. The van der Waals surface area contributed by atoms with Crippen LogP contribution in [-0.4, -0.2) is 29.2 Å². The molecule has 0 fully saturated rings. The minimum atomic E-state index is -1.14. The van der Waals surface area contributed by atoms with Gasteiger partial charge in [-0.05, 0) is 19.8 Å². The van der Waals surface area contributed by atoms with Crippen LogP contribution in [0.1, 0.15) is 33.6 Å². The van der Waals surface area contributed by atoms with Crippen LogP contribution in [0.15, 0.2) is 0 Å². The lowest BCUT2D eigenvalue weighted by molar-refractivity contribution is -0.144. The minimum Gasteiger partial charge on any atom is -0.480 e. The SMILES string of the molecule is CCNC(=O)NC(CC)(CC)C(=O)O. The molecular weight excluding hydrogens is 184 g/mol. The number of nitrogens with one attached hydrogen (secondary N) is 2. The third kappa shape index (κ3) is 2.90. The normalized spacial score (nSPS) is 10.8. The Kier molecular flexibility index (Phi) is 4.97. The van der Waals surface area contributed by atoms with Crippen molar-refractivity contribution >= 4 is 12.0 Å². The Labute approximate surface area is 83.9 Å². The molecule has 0 aliphatic rings. The number of urea groups is 1. The van der Waals surface area contributed by atoms with Crippen molar-refractivity contribution in [2.45, 2.75) is 39.2 Å². The topological polar surface area (TPSA) is 78.4 Å². The van der Waals surface area contributed by atoms with Crippen molar-refractivity contribution in [2.75, 3.05) is 6.54 Å². The lowest BCUT2D eigenvalue weighted by Gasteiger charge is -2.27. The Bertz CT molecular complexity index is 212. The van der Waals surface area contributed by atoms with Crippen molar-refractivity contribution in [3.05, 3.63) is 0 Å². The minimum absolute atomic E-state index is 0.371. The molecule has 5 heteroatoms. The predicted octanol–water partition coefficient (Wildman–Crippen LogP) is 0.949. The molecule has 0 bridgehead atoms. The number of amides is 2. The van der Waals surface area contributed by atoms with E-state index in [-0.39, 0.29) is 0 Å². The molecule has 5 nitrogen and oxygen atoms in total. The van der Waals surface area contributed by atoms with Crippen molar-refractivity contribution in [2.24, 2.45) is 0 Å². The van der Waals surface area contributed by atoms with Crippen molar-refractivity contribution in [1.29, 1.82) is 0 Å². The first-order chi connectivity index (χ1) is 6.52. The summed E-state index contributed by atoms with van der Waals surface area (Å²) < 4.78 is 0. The molecule has 0 spiro atoms. The van der Waals surface area contributed by atoms with Crippen LogP contribution in [0.3, 0.4) is 0 Å². The zero-order valence-corrected chi connectivity index (χ0v) is 8.89. The zero-order chi connectivity index (χ0) is 11.2. The van der Waals surface area contributed by atoms with Crippen molar-refractivity contribution in [3.63, 3.8) is 0 Å². The summed E-state index contributed by atoms with van der Waals surface area (Å²) in [5.74, 6) is -0.992. The lowest BCUT2D eigenvalue weighted by Crippen LogP contribution is -2.56.